The van der Waals surface area contributed by atoms with Crippen molar-refractivity contribution >= 4 is 40.1 Å². The average molecular weight is 420 g/mol. The predicted octanol–water partition coefficient (Wildman–Crippen LogP) is 3.65. The molecular weight excluding hydrogens is 409 g/mol. The van der Waals surface area contributed by atoms with Gasteiger partial charge < -0.3 is 14.1 Å². The first kappa shape index (κ1) is 17.8. The van der Waals surface area contributed by atoms with Gasteiger partial charge in [0.15, 0.2) is 11.3 Å². The standard InChI is InChI=1S/C18H11Cl2N3O3S/c19-12-2-1-10(7-13(12)20)8-23-5-4-22-9-11(17-21-3-6-27-17)15(24)16(25)14(22)18(23)26/h1-7,9,25H,8H2. The van der Waals surface area contributed by atoms with Crippen LogP contribution in [0.15, 0.2) is 58.0 Å². The zero-order chi connectivity index (χ0) is 19.1. The summed E-state index contributed by atoms with van der Waals surface area (Å²) < 4.78 is 2.82. The van der Waals surface area contributed by atoms with Crippen LogP contribution in [0.3, 0.4) is 0 Å². The molecule has 0 aliphatic carbocycles. The van der Waals surface area contributed by atoms with E-state index < -0.39 is 16.7 Å². The monoisotopic (exact) mass is 419 g/mol. The number of rotatable bonds is 3. The van der Waals surface area contributed by atoms with Crippen molar-refractivity contribution < 1.29 is 5.11 Å². The third-order valence-electron chi connectivity index (χ3n) is 4.08. The van der Waals surface area contributed by atoms with Crippen LogP contribution < -0.4 is 11.0 Å². The quantitative estimate of drug-likeness (QED) is 0.549. The summed E-state index contributed by atoms with van der Waals surface area (Å²) in [7, 11) is 0. The Hall–Kier alpha value is -2.61. The predicted molar refractivity (Wildman–Crippen MR) is 106 cm³/mol. The fourth-order valence-electron chi connectivity index (χ4n) is 2.77. The van der Waals surface area contributed by atoms with E-state index in [-0.39, 0.29) is 17.6 Å². The second-order valence-electron chi connectivity index (χ2n) is 5.79. The van der Waals surface area contributed by atoms with E-state index in [1.165, 1.54) is 26.5 Å². The van der Waals surface area contributed by atoms with Crippen molar-refractivity contribution in [2.75, 3.05) is 0 Å². The van der Waals surface area contributed by atoms with E-state index in [2.05, 4.69) is 4.98 Å². The van der Waals surface area contributed by atoms with Crippen LogP contribution in [0.2, 0.25) is 10.0 Å². The fourth-order valence-corrected chi connectivity index (χ4v) is 3.74. The molecule has 0 fully saturated rings. The van der Waals surface area contributed by atoms with E-state index in [0.717, 1.165) is 5.56 Å². The van der Waals surface area contributed by atoms with Crippen LogP contribution in [0.5, 0.6) is 5.75 Å². The molecule has 136 valence electrons. The molecule has 3 aromatic heterocycles. The highest BCUT2D eigenvalue weighted by atomic mass is 35.5. The number of thiazole rings is 1. The maximum atomic E-state index is 12.8. The van der Waals surface area contributed by atoms with Crippen LogP contribution in [0.25, 0.3) is 16.1 Å². The van der Waals surface area contributed by atoms with Crippen LogP contribution in [0.1, 0.15) is 5.56 Å². The number of hydrogen-bond donors (Lipinski definition) is 1. The number of fused-ring (bicyclic) bond motifs is 1. The third-order valence-corrected chi connectivity index (χ3v) is 5.63. The number of benzene rings is 1. The van der Waals surface area contributed by atoms with Gasteiger partial charge in [-0.3, -0.25) is 9.59 Å². The number of aromatic nitrogens is 3. The molecule has 0 radical (unpaired) electrons. The van der Waals surface area contributed by atoms with Gasteiger partial charge in [0.25, 0.3) is 5.56 Å². The average Bonchev–Trinajstić information content (AvgIpc) is 3.17. The SMILES string of the molecule is O=c1c(-c2nccs2)cn2ccn(Cc3ccc(Cl)c(Cl)c3)c(=O)c2c1O. The molecule has 9 heteroatoms. The zero-order valence-electron chi connectivity index (χ0n) is 13.6. The topological polar surface area (TPSA) is 76.6 Å². The van der Waals surface area contributed by atoms with Gasteiger partial charge in [-0.2, -0.15) is 0 Å². The number of halogens is 2. The van der Waals surface area contributed by atoms with Gasteiger partial charge >= 0.3 is 0 Å². The van der Waals surface area contributed by atoms with E-state index in [9.17, 15) is 14.7 Å². The van der Waals surface area contributed by atoms with Gasteiger partial charge in [0, 0.05) is 30.2 Å². The first-order chi connectivity index (χ1) is 13.0. The molecule has 3 heterocycles. The first-order valence-electron chi connectivity index (χ1n) is 7.77. The molecule has 0 spiro atoms. The molecule has 1 N–H and O–H groups in total. The van der Waals surface area contributed by atoms with E-state index in [0.29, 0.717) is 15.1 Å². The van der Waals surface area contributed by atoms with E-state index in [4.69, 9.17) is 23.2 Å². The molecule has 0 bridgehead atoms. The summed E-state index contributed by atoms with van der Waals surface area (Å²) in [6.07, 6.45) is 6.25. The van der Waals surface area contributed by atoms with Crippen LogP contribution in [-0.2, 0) is 6.54 Å². The molecule has 0 unspecified atom stereocenters. The Morgan fingerprint density at radius 1 is 1.15 bits per heavy atom. The highest BCUT2D eigenvalue weighted by Gasteiger charge is 2.17. The minimum Gasteiger partial charge on any atom is -0.503 e. The summed E-state index contributed by atoms with van der Waals surface area (Å²) in [6, 6.07) is 5.06. The van der Waals surface area contributed by atoms with Crippen LogP contribution in [-0.4, -0.2) is 19.1 Å². The van der Waals surface area contributed by atoms with Gasteiger partial charge in [-0.15, -0.1) is 11.3 Å². The normalized spacial score (nSPS) is 11.2. The second-order valence-corrected chi connectivity index (χ2v) is 7.50. The summed E-state index contributed by atoms with van der Waals surface area (Å²) >= 11 is 13.2. The van der Waals surface area contributed by atoms with Crippen LogP contribution in [0.4, 0.5) is 0 Å². The molecule has 0 aliphatic heterocycles. The smallest absolute Gasteiger partial charge is 0.279 e. The van der Waals surface area contributed by atoms with E-state index in [1.807, 2.05) is 0 Å². The largest absolute Gasteiger partial charge is 0.503 e. The maximum Gasteiger partial charge on any atom is 0.279 e. The number of nitrogens with zero attached hydrogens (tertiary/aromatic N) is 3. The Balaban J connectivity index is 1.86. The summed E-state index contributed by atoms with van der Waals surface area (Å²) in [5, 5.41) is 13.4. The maximum absolute atomic E-state index is 12.8. The molecule has 0 amide bonds. The van der Waals surface area contributed by atoms with Crippen molar-refractivity contribution in [3.05, 3.63) is 84.6 Å². The fraction of sp³-hybridized carbons (Fsp3) is 0.0556. The zero-order valence-corrected chi connectivity index (χ0v) is 15.9. The molecule has 0 atom stereocenters. The van der Waals surface area contributed by atoms with E-state index >= 15 is 0 Å². The lowest BCUT2D eigenvalue weighted by Gasteiger charge is -2.11. The molecule has 0 aliphatic rings. The van der Waals surface area contributed by atoms with Crippen molar-refractivity contribution in [2.24, 2.45) is 0 Å². The second kappa shape index (κ2) is 6.84. The summed E-state index contributed by atoms with van der Waals surface area (Å²) in [5.74, 6) is -0.601. The first-order valence-corrected chi connectivity index (χ1v) is 9.40. The van der Waals surface area contributed by atoms with Gasteiger partial charge in [0.1, 0.15) is 5.01 Å². The summed E-state index contributed by atoms with van der Waals surface area (Å²) in [4.78, 5) is 29.4. The minimum atomic E-state index is -0.630. The van der Waals surface area contributed by atoms with Gasteiger partial charge in [-0.25, -0.2) is 4.98 Å². The van der Waals surface area contributed by atoms with Crippen molar-refractivity contribution in [1.29, 1.82) is 0 Å². The van der Waals surface area contributed by atoms with Crippen LogP contribution in [0, 0.1) is 0 Å². The minimum absolute atomic E-state index is 0.0946. The van der Waals surface area contributed by atoms with Gasteiger partial charge in [0.2, 0.25) is 5.43 Å². The molecule has 0 saturated heterocycles. The molecule has 27 heavy (non-hydrogen) atoms. The van der Waals surface area contributed by atoms with Crippen molar-refractivity contribution in [2.45, 2.75) is 6.54 Å². The number of pyridine rings is 1. The van der Waals surface area contributed by atoms with Gasteiger partial charge in [-0.1, -0.05) is 29.3 Å². The third kappa shape index (κ3) is 3.14. The Morgan fingerprint density at radius 2 is 1.96 bits per heavy atom. The highest BCUT2D eigenvalue weighted by molar-refractivity contribution is 7.13. The lowest BCUT2D eigenvalue weighted by atomic mass is 10.2. The Kier molecular flexibility index (Phi) is 4.51. The Labute approximate surface area is 166 Å². The lowest BCUT2D eigenvalue weighted by Crippen LogP contribution is -2.24. The molecular formula is C18H11Cl2N3O3S. The molecule has 0 saturated carbocycles. The summed E-state index contributed by atoms with van der Waals surface area (Å²) in [6.45, 7) is 0.216. The van der Waals surface area contributed by atoms with Gasteiger partial charge in [-0.05, 0) is 17.7 Å². The molecule has 4 aromatic rings. The highest BCUT2D eigenvalue weighted by Crippen LogP contribution is 2.24. The van der Waals surface area contributed by atoms with Crippen molar-refractivity contribution in [1.82, 2.24) is 14.0 Å². The van der Waals surface area contributed by atoms with Crippen molar-refractivity contribution in [3.8, 4) is 16.3 Å². The van der Waals surface area contributed by atoms with Crippen molar-refractivity contribution in [3.63, 3.8) is 0 Å². The summed E-state index contributed by atoms with van der Waals surface area (Å²) in [5.41, 5.74) is -0.222. The lowest BCUT2D eigenvalue weighted by molar-refractivity contribution is 0.472. The van der Waals surface area contributed by atoms with Gasteiger partial charge in [0.05, 0.1) is 22.2 Å². The molecule has 6 nitrogen and oxygen atoms in total. The molecule has 4 rings (SSSR count). The molecule has 1 aromatic carbocycles. The Morgan fingerprint density at radius 3 is 2.67 bits per heavy atom. The van der Waals surface area contributed by atoms with E-state index in [1.54, 1.807) is 42.2 Å². The number of aromatic hydroxyl groups is 1. The number of hydrogen-bond acceptors (Lipinski definition) is 5. The Bertz CT molecular complexity index is 1280. The van der Waals surface area contributed by atoms with Crippen LogP contribution >= 0.6 is 34.5 Å².